The minimum atomic E-state index is -0.948. The van der Waals surface area contributed by atoms with E-state index in [9.17, 15) is 9.90 Å². The minimum Gasteiger partial charge on any atom is -0.465 e. The maximum Gasteiger partial charge on any atom is 0.235 e. The first kappa shape index (κ1) is 22.2. The topological polar surface area (TPSA) is 62.5 Å². The van der Waals surface area contributed by atoms with E-state index in [2.05, 4.69) is 50.0 Å². The second kappa shape index (κ2) is 8.64. The van der Waals surface area contributed by atoms with Crippen LogP contribution in [0.5, 0.6) is 0 Å². The summed E-state index contributed by atoms with van der Waals surface area (Å²) in [6, 6.07) is 14.3. The van der Waals surface area contributed by atoms with E-state index in [0.717, 1.165) is 43.4 Å². The van der Waals surface area contributed by atoms with Crippen molar-refractivity contribution in [1.29, 1.82) is 0 Å². The van der Waals surface area contributed by atoms with Crippen molar-refractivity contribution < 1.29 is 14.3 Å². The first-order valence-electron chi connectivity index (χ1n) is 12.4. The van der Waals surface area contributed by atoms with E-state index in [4.69, 9.17) is 4.42 Å². The lowest BCUT2D eigenvalue weighted by Crippen LogP contribution is -2.57. The van der Waals surface area contributed by atoms with E-state index >= 15 is 0 Å². The number of rotatable bonds is 2. The van der Waals surface area contributed by atoms with E-state index in [-0.39, 0.29) is 23.8 Å². The molecule has 0 radical (unpaired) electrons. The van der Waals surface area contributed by atoms with Gasteiger partial charge >= 0.3 is 0 Å². The highest BCUT2D eigenvalue weighted by Gasteiger charge is 2.67. The van der Waals surface area contributed by atoms with Gasteiger partial charge in [0.2, 0.25) is 5.91 Å². The van der Waals surface area contributed by atoms with Crippen LogP contribution in [0.2, 0.25) is 0 Å². The summed E-state index contributed by atoms with van der Waals surface area (Å²) in [7, 11) is 0. The van der Waals surface area contributed by atoms with Gasteiger partial charge in [0.1, 0.15) is 16.9 Å². The number of carbonyl (C=O) groups is 1. The Kier molecular flexibility index (Phi) is 5.82. The van der Waals surface area contributed by atoms with Crippen LogP contribution in [0.3, 0.4) is 0 Å². The quantitative estimate of drug-likeness (QED) is 0.641. The fourth-order valence-corrected chi connectivity index (χ4v) is 6.62. The highest BCUT2D eigenvalue weighted by atomic mass is 16.3. The molecule has 1 saturated carbocycles. The second-order valence-electron chi connectivity index (χ2n) is 10.4. The van der Waals surface area contributed by atoms with Gasteiger partial charge in [-0.2, -0.15) is 0 Å². The summed E-state index contributed by atoms with van der Waals surface area (Å²) in [5.41, 5.74) is 1.06. The number of hydrogen-bond donors (Lipinski definition) is 2. The SMILES string of the molecule is C=C1[C@@H](C)[C@H]2[C@H](Cc3ccccc3)NC(=O)[C@]23c2ccc(o2)CCCC(C)C/C=C/[C@H]3[C@@H]1O. The molecule has 174 valence electrons. The number of amides is 1. The molecule has 2 N–H and O–H groups in total. The van der Waals surface area contributed by atoms with Crippen molar-refractivity contribution in [2.45, 2.75) is 63.5 Å². The van der Waals surface area contributed by atoms with E-state index in [0.29, 0.717) is 11.7 Å². The molecule has 4 heteroatoms. The molecular weight excluding hydrogens is 410 g/mol. The molecule has 7 atom stereocenters. The van der Waals surface area contributed by atoms with Crippen LogP contribution in [-0.2, 0) is 23.1 Å². The van der Waals surface area contributed by atoms with Crippen LogP contribution in [-0.4, -0.2) is 23.2 Å². The van der Waals surface area contributed by atoms with Gasteiger partial charge in [0, 0.05) is 24.3 Å². The van der Waals surface area contributed by atoms with Crippen molar-refractivity contribution in [3.63, 3.8) is 0 Å². The van der Waals surface area contributed by atoms with Crippen molar-refractivity contribution >= 4 is 5.91 Å². The van der Waals surface area contributed by atoms with Crippen molar-refractivity contribution in [2.75, 3.05) is 0 Å². The van der Waals surface area contributed by atoms with Gasteiger partial charge in [-0.25, -0.2) is 0 Å². The molecule has 1 saturated heterocycles. The molecule has 33 heavy (non-hydrogen) atoms. The molecule has 3 aliphatic rings. The molecule has 2 aliphatic heterocycles. The number of allylic oxidation sites excluding steroid dienone is 1. The van der Waals surface area contributed by atoms with Gasteiger partial charge in [0.15, 0.2) is 0 Å². The summed E-state index contributed by atoms with van der Waals surface area (Å²) in [6.45, 7) is 8.67. The van der Waals surface area contributed by atoms with Gasteiger partial charge in [-0.15, -0.1) is 0 Å². The first-order valence-corrected chi connectivity index (χ1v) is 12.4. The van der Waals surface area contributed by atoms with Crippen LogP contribution < -0.4 is 5.32 Å². The Balaban J connectivity index is 1.66. The second-order valence-corrected chi connectivity index (χ2v) is 10.4. The normalized spacial score (nSPS) is 37.3. The number of benzene rings is 1. The lowest BCUT2D eigenvalue weighted by atomic mass is 9.52. The number of hydrogen-bond acceptors (Lipinski definition) is 3. The third-order valence-corrected chi connectivity index (χ3v) is 8.39. The molecule has 4 nitrogen and oxygen atoms in total. The number of aliphatic hydroxyl groups is 1. The Morgan fingerprint density at radius 1 is 1.18 bits per heavy atom. The summed E-state index contributed by atoms with van der Waals surface area (Å²) >= 11 is 0. The number of furan rings is 1. The lowest BCUT2D eigenvalue weighted by Gasteiger charge is -2.49. The number of fused-ring (bicyclic) bond motifs is 2. The minimum absolute atomic E-state index is 0.0299. The third-order valence-electron chi connectivity index (χ3n) is 8.39. The molecule has 1 aliphatic carbocycles. The number of aliphatic hydroxyl groups excluding tert-OH is 1. The molecular formula is C29H35NO3. The summed E-state index contributed by atoms with van der Waals surface area (Å²) in [5, 5.41) is 14.8. The van der Waals surface area contributed by atoms with Gasteiger partial charge in [-0.3, -0.25) is 4.79 Å². The zero-order chi connectivity index (χ0) is 23.2. The average molecular weight is 446 g/mol. The van der Waals surface area contributed by atoms with E-state index in [1.807, 2.05) is 30.3 Å². The highest BCUT2D eigenvalue weighted by molar-refractivity contribution is 5.92. The Labute approximate surface area is 196 Å². The van der Waals surface area contributed by atoms with Crippen molar-refractivity contribution in [1.82, 2.24) is 5.32 Å². The zero-order valence-corrected chi connectivity index (χ0v) is 19.7. The maximum atomic E-state index is 14.0. The predicted molar refractivity (Wildman–Crippen MR) is 130 cm³/mol. The summed E-state index contributed by atoms with van der Waals surface area (Å²) in [4.78, 5) is 14.0. The fourth-order valence-electron chi connectivity index (χ4n) is 6.62. The molecule has 3 heterocycles. The van der Waals surface area contributed by atoms with Crippen LogP contribution in [0.1, 0.15) is 50.2 Å². The third kappa shape index (κ3) is 3.59. The maximum absolute atomic E-state index is 14.0. The van der Waals surface area contributed by atoms with Gasteiger partial charge in [0.25, 0.3) is 0 Å². The molecule has 1 unspecified atom stereocenters. The molecule has 1 aromatic heterocycles. The van der Waals surface area contributed by atoms with Gasteiger partial charge in [-0.1, -0.05) is 62.9 Å². The number of nitrogens with one attached hydrogen (secondary N) is 1. The molecule has 2 bridgehead atoms. The van der Waals surface area contributed by atoms with Gasteiger partial charge < -0.3 is 14.8 Å². The highest BCUT2D eigenvalue weighted by Crippen LogP contribution is 2.57. The van der Waals surface area contributed by atoms with Crippen molar-refractivity contribution in [3.05, 3.63) is 83.9 Å². The fraction of sp³-hybridized carbons (Fsp3) is 0.483. The summed E-state index contributed by atoms with van der Waals surface area (Å²) < 4.78 is 6.43. The number of aryl methyl sites for hydroxylation is 1. The summed E-state index contributed by atoms with van der Waals surface area (Å²) in [5.74, 6) is 1.64. The Morgan fingerprint density at radius 2 is 1.97 bits per heavy atom. The molecule has 5 rings (SSSR count). The molecule has 2 aromatic rings. The van der Waals surface area contributed by atoms with E-state index < -0.39 is 17.4 Å². The Hall–Kier alpha value is -2.59. The van der Waals surface area contributed by atoms with Crippen LogP contribution in [0.15, 0.2) is 71.2 Å². The molecule has 1 aromatic carbocycles. The summed E-state index contributed by atoms with van der Waals surface area (Å²) in [6.07, 6.45) is 8.22. The van der Waals surface area contributed by atoms with Crippen LogP contribution >= 0.6 is 0 Å². The monoisotopic (exact) mass is 445 g/mol. The predicted octanol–water partition coefficient (Wildman–Crippen LogP) is 4.98. The molecule has 1 spiro atoms. The van der Waals surface area contributed by atoms with Crippen LogP contribution in [0.25, 0.3) is 0 Å². The molecule has 2 fully saturated rings. The van der Waals surface area contributed by atoms with Gasteiger partial charge in [0.05, 0.1) is 6.10 Å². The smallest absolute Gasteiger partial charge is 0.235 e. The average Bonchev–Trinajstić information content (AvgIpc) is 3.38. The first-order chi connectivity index (χ1) is 15.9. The van der Waals surface area contributed by atoms with Crippen molar-refractivity contribution in [2.24, 2.45) is 23.7 Å². The van der Waals surface area contributed by atoms with Gasteiger partial charge in [-0.05, 0) is 60.8 Å². The Bertz CT molecular complexity index is 1050. The number of carbonyl (C=O) groups excluding carboxylic acids is 1. The largest absolute Gasteiger partial charge is 0.465 e. The lowest BCUT2D eigenvalue weighted by molar-refractivity contribution is -0.130. The Morgan fingerprint density at radius 3 is 2.76 bits per heavy atom. The van der Waals surface area contributed by atoms with E-state index in [1.54, 1.807) is 0 Å². The van der Waals surface area contributed by atoms with Crippen LogP contribution in [0.4, 0.5) is 0 Å². The van der Waals surface area contributed by atoms with Crippen molar-refractivity contribution in [3.8, 4) is 0 Å². The zero-order valence-electron chi connectivity index (χ0n) is 19.7. The molecule has 1 amide bonds. The van der Waals surface area contributed by atoms with E-state index in [1.165, 1.54) is 5.56 Å². The van der Waals surface area contributed by atoms with Crippen LogP contribution in [0, 0.1) is 23.7 Å². The standard InChI is InChI=1S/C29H35NO3/c1-18-9-7-13-22-15-16-25(33-22)29-23(14-8-10-18)27(31)20(3)19(2)26(29)24(30-28(29)32)17-21-11-5-4-6-12-21/h4-6,8,11-12,14-16,18-19,23-24,26-27,31H,3,7,9-10,13,17H2,1-2H3,(H,30,32)/b14-8+/t18?,19-,23+,24+,26+,27-,29-/m1/s1.